The highest BCUT2D eigenvalue weighted by atomic mass is 15.3. The summed E-state index contributed by atoms with van der Waals surface area (Å²) < 4.78 is 2.04. The summed E-state index contributed by atoms with van der Waals surface area (Å²) in [6.07, 6.45) is 5.64. The van der Waals surface area contributed by atoms with Crippen LogP contribution in [-0.4, -0.2) is 76.6 Å². The predicted molar refractivity (Wildman–Crippen MR) is 91.7 cm³/mol. The molecule has 2 aliphatic rings. The van der Waals surface area contributed by atoms with Crippen molar-refractivity contribution in [2.45, 2.75) is 12.6 Å². The number of rotatable bonds is 3. The van der Waals surface area contributed by atoms with Crippen molar-refractivity contribution < 1.29 is 0 Å². The molecule has 122 valence electrons. The van der Waals surface area contributed by atoms with E-state index >= 15 is 0 Å². The van der Waals surface area contributed by atoms with Crippen molar-refractivity contribution in [3.63, 3.8) is 0 Å². The highest BCUT2D eigenvalue weighted by Crippen LogP contribution is 2.17. The van der Waals surface area contributed by atoms with Crippen molar-refractivity contribution in [3.8, 4) is 5.69 Å². The Kier molecular flexibility index (Phi) is 4.16. The summed E-state index contributed by atoms with van der Waals surface area (Å²) in [6, 6.07) is 9.56. The molecule has 3 heterocycles. The summed E-state index contributed by atoms with van der Waals surface area (Å²) >= 11 is 0. The Morgan fingerprint density at radius 3 is 2.65 bits per heavy atom. The molecule has 1 atom stereocenters. The van der Waals surface area contributed by atoms with Crippen LogP contribution < -0.4 is 0 Å². The van der Waals surface area contributed by atoms with Crippen LogP contribution in [0, 0.1) is 0 Å². The van der Waals surface area contributed by atoms with Crippen LogP contribution in [0.3, 0.4) is 0 Å². The minimum absolute atomic E-state index is 0.702. The average molecular weight is 311 g/mol. The zero-order chi connectivity index (χ0) is 15.6. The van der Waals surface area contributed by atoms with Gasteiger partial charge in [-0.05, 0) is 24.7 Å². The van der Waals surface area contributed by atoms with Gasteiger partial charge in [0.2, 0.25) is 0 Å². The van der Waals surface area contributed by atoms with Gasteiger partial charge in [0, 0.05) is 69.9 Å². The van der Waals surface area contributed by atoms with Gasteiger partial charge in [0.05, 0.1) is 6.33 Å². The molecule has 2 aliphatic heterocycles. The Labute approximate surface area is 138 Å². The topological polar surface area (TPSA) is 27.5 Å². The molecule has 2 saturated heterocycles. The van der Waals surface area contributed by atoms with E-state index in [1.54, 1.807) is 0 Å². The van der Waals surface area contributed by atoms with E-state index in [0.717, 1.165) is 6.54 Å². The summed E-state index contributed by atoms with van der Waals surface area (Å²) in [7, 11) is 2.24. The zero-order valence-corrected chi connectivity index (χ0v) is 13.8. The van der Waals surface area contributed by atoms with Gasteiger partial charge in [0.25, 0.3) is 0 Å². The fourth-order valence-electron chi connectivity index (χ4n) is 3.76. The van der Waals surface area contributed by atoms with Crippen LogP contribution in [0.1, 0.15) is 5.56 Å². The molecule has 5 heteroatoms. The predicted octanol–water partition coefficient (Wildman–Crippen LogP) is 1.30. The molecule has 0 radical (unpaired) electrons. The zero-order valence-electron chi connectivity index (χ0n) is 13.8. The maximum absolute atomic E-state index is 4.11. The maximum atomic E-state index is 4.11. The van der Waals surface area contributed by atoms with Gasteiger partial charge in [0.15, 0.2) is 0 Å². The van der Waals surface area contributed by atoms with Gasteiger partial charge in [-0.15, -0.1) is 0 Å². The first-order chi connectivity index (χ1) is 11.3. The van der Waals surface area contributed by atoms with Crippen molar-refractivity contribution in [1.29, 1.82) is 0 Å². The molecule has 0 N–H and O–H groups in total. The Hall–Kier alpha value is -1.69. The number of piperazine rings is 2. The van der Waals surface area contributed by atoms with Crippen LogP contribution in [0.4, 0.5) is 0 Å². The van der Waals surface area contributed by atoms with Gasteiger partial charge in [-0.25, -0.2) is 4.98 Å². The fourth-order valence-corrected chi connectivity index (χ4v) is 3.76. The number of likely N-dealkylation sites (N-methyl/N-ethyl adjacent to an activating group) is 1. The van der Waals surface area contributed by atoms with Gasteiger partial charge >= 0.3 is 0 Å². The first-order valence-corrected chi connectivity index (χ1v) is 8.50. The lowest BCUT2D eigenvalue weighted by atomic mass is 10.1. The van der Waals surface area contributed by atoms with E-state index in [-0.39, 0.29) is 0 Å². The van der Waals surface area contributed by atoms with Crippen LogP contribution in [0.5, 0.6) is 0 Å². The molecule has 0 saturated carbocycles. The second-order valence-electron chi connectivity index (χ2n) is 6.82. The number of benzene rings is 1. The van der Waals surface area contributed by atoms with Crippen LogP contribution in [0.2, 0.25) is 0 Å². The molecule has 1 aromatic carbocycles. The van der Waals surface area contributed by atoms with Gasteiger partial charge in [0.1, 0.15) is 0 Å². The second kappa shape index (κ2) is 6.43. The third-order valence-electron chi connectivity index (χ3n) is 5.13. The molecule has 0 bridgehead atoms. The van der Waals surface area contributed by atoms with Gasteiger partial charge in [-0.3, -0.25) is 9.80 Å². The SMILES string of the molecule is CN1CCN2CCN(Cc3ccc(-n4ccnc4)cc3)C[C@H]2C1. The lowest BCUT2D eigenvalue weighted by Crippen LogP contribution is -2.60. The van der Waals surface area contributed by atoms with E-state index in [9.17, 15) is 0 Å². The van der Waals surface area contributed by atoms with Crippen molar-refractivity contribution in [2.24, 2.45) is 0 Å². The third-order valence-corrected chi connectivity index (χ3v) is 5.13. The quantitative estimate of drug-likeness (QED) is 0.854. The van der Waals surface area contributed by atoms with E-state index in [4.69, 9.17) is 0 Å². The number of hydrogen-bond acceptors (Lipinski definition) is 4. The minimum atomic E-state index is 0.702. The third kappa shape index (κ3) is 3.32. The highest BCUT2D eigenvalue weighted by Gasteiger charge is 2.30. The minimum Gasteiger partial charge on any atom is -0.306 e. The monoisotopic (exact) mass is 311 g/mol. The number of nitrogens with zero attached hydrogens (tertiary/aromatic N) is 5. The van der Waals surface area contributed by atoms with Crippen molar-refractivity contribution >= 4 is 0 Å². The first-order valence-electron chi connectivity index (χ1n) is 8.50. The molecule has 0 spiro atoms. The molecule has 0 amide bonds. The number of hydrogen-bond donors (Lipinski definition) is 0. The number of aromatic nitrogens is 2. The summed E-state index contributed by atoms with van der Waals surface area (Å²) in [5.41, 5.74) is 2.57. The molecular formula is C18H25N5. The molecule has 23 heavy (non-hydrogen) atoms. The lowest BCUT2D eigenvalue weighted by molar-refractivity contribution is 0.0175. The van der Waals surface area contributed by atoms with Gasteiger partial charge in [-0.2, -0.15) is 0 Å². The lowest BCUT2D eigenvalue weighted by Gasteiger charge is -2.46. The Morgan fingerprint density at radius 2 is 1.87 bits per heavy atom. The van der Waals surface area contributed by atoms with E-state index in [0.29, 0.717) is 6.04 Å². The Balaban J connectivity index is 1.38. The van der Waals surface area contributed by atoms with Crippen molar-refractivity contribution in [3.05, 3.63) is 48.5 Å². The summed E-state index contributed by atoms with van der Waals surface area (Å²) in [4.78, 5) is 11.8. The number of fused-ring (bicyclic) bond motifs is 1. The Bertz CT molecular complexity index is 621. The second-order valence-corrected chi connectivity index (χ2v) is 6.82. The van der Waals surface area contributed by atoms with Crippen LogP contribution in [-0.2, 0) is 6.54 Å². The summed E-state index contributed by atoms with van der Waals surface area (Å²) in [5, 5.41) is 0. The summed E-state index contributed by atoms with van der Waals surface area (Å²) in [5.74, 6) is 0. The Morgan fingerprint density at radius 1 is 1.04 bits per heavy atom. The molecule has 0 aliphatic carbocycles. The largest absolute Gasteiger partial charge is 0.306 e. The van der Waals surface area contributed by atoms with Crippen LogP contribution >= 0.6 is 0 Å². The van der Waals surface area contributed by atoms with E-state index in [2.05, 4.69) is 51.0 Å². The normalized spacial score (nSPS) is 23.8. The smallest absolute Gasteiger partial charge is 0.0991 e. The molecule has 2 aromatic rings. The summed E-state index contributed by atoms with van der Waals surface area (Å²) in [6.45, 7) is 8.29. The molecule has 2 fully saturated rings. The maximum Gasteiger partial charge on any atom is 0.0991 e. The van der Waals surface area contributed by atoms with Crippen LogP contribution in [0.15, 0.2) is 43.0 Å². The molecule has 0 unspecified atom stereocenters. The van der Waals surface area contributed by atoms with E-state index in [1.165, 1.54) is 50.5 Å². The van der Waals surface area contributed by atoms with Gasteiger partial charge < -0.3 is 9.47 Å². The highest BCUT2D eigenvalue weighted by molar-refractivity contribution is 5.34. The van der Waals surface area contributed by atoms with E-state index in [1.807, 2.05) is 23.3 Å². The molecule has 5 nitrogen and oxygen atoms in total. The molecule has 4 rings (SSSR count). The van der Waals surface area contributed by atoms with E-state index < -0.39 is 0 Å². The molecule has 1 aromatic heterocycles. The molecular weight excluding hydrogens is 286 g/mol. The van der Waals surface area contributed by atoms with Gasteiger partial charge in [-0.1, -0.05) is 12.1 Å². The van der Waals surface area contributed by atoms with Crippen LogP contribution in [0.25, 0.3) is 5.69 Å². The first kappa shape index (κ1) is 14.9. The fraction of sp³-hybridized carbons (Fsp3) is 0.500. The number of imidazole rings is 1. The van der Waals surface area contributed by atoms with Crippen molar-refractivity contribution in [2.75, 3.05) is 46.3 Å². The standard InChI is InChI=1S/C18H25N5/c1-20-8-10-22-11-9-21(14-18(22)13-20)12-16-2-4-17(5-3-16)23-7-6-19-15-23/h2-7,15,18H,8-14H2,1H3/t18-/m1/s1. The van der Waals surface area contributed by atoms with Crippen molar-refractivity contribution in [1.82, 2.24) is 24.3 Å². The average Bonchev–Trinajstić information content (AvgIpc) is 3.10.